The highest BCUT2D eigenvalue weighted by Crippen LogP contribution is 2.28. The van der Waals surface area contributed by atoms with Crippen molar-refractivity contribution in [3.05, 3.63) is 18.2 Å². The Hall–Kier alpha value is -1.14. The SMILES string of the molecule is CCCNc1nc2ccc(S(=O)(=O)CC)cc2s1. The summed E-state index contributed by atoms with van der Waals surface area (Å²) in [6, 6.07) is 5.11. The van der Waals surface area contributed by atoms with E-state index in [1.165, 1.54) is 11.3 Å². The lowest BCUT2D eigenvalue weighted by molar-refractivity contribution is 0.597. The zero-order chi connectivity index (χ0) is 13.2. The molecule has 18 heavy (non-hydrogen) atoms. The monoisotopic (exact) mass is 284 g/mol. The van der Waals surface area contributed by atoms with E-state index in [0.717, 1.165) is 28.3 Å². The normalized spacial score (nSPS) is 11.9. The molecular formula is C12H16N2O2S2. The molecule has 0 aliphatic carbocycles. The van der Waals surface area contributed by atoms with Crippen LogP contribution < -0.4 is 5.32 Å². The number of rotatable bonds is 5. The molecule has 0 atom stereocenters. The van der Waals surface area contributed by atoms with Gasteiger partial charge in [0, 0.05) is 6.54 Å². The van der Waals surface area contributed by atoms with Crippen LogP contribution in [0.1, 0.15) is 20.3 Å². The molecule has 0 bridgehead atoms. The number of nitrogens with one attached hydrogen (secondary N) is 1. The number of hydrogen-bond acceptors (Lipinski definition) is 5. The van der Waals surface area contributed by atoms with Gasteiger partial charge >= 0.3 is 0 Å². The molecular weight excluding hydrogens is 268 g/mol. The van der Waals surface area contributed by atoms with Crippen molar-refractivity contribution in [2.75, 3.05) is 17.6 Å². The van der Waals surface area contributed by atoms with Gasteiger partial charge in [-0.15, -0.1) is 0 Å². The van der Waals surface area contributed by atoms with Crippen LogP contribution in [0.2, 0.25) is 0 Å². The maximum Gasteiger partial charge on any atom is 0.183 e. The van der Waals surface area contributed by atoms with E-state index in [-0.39, 0.29) is 5.75 Å². The molecule has 0 spiro atoms. The lowest BCUT2D eigenvalue weighted by Crippen LogP contribution is -2.02. The highest BCUT2D eigenvalue weighted by molar-refractivity contribution is 7.91. The predicted molar refractivity (Wildman–Crippen MR) is 76.1 cm³/mol. The molecule has 0 fully saturated rings. The van der Waals surface area contributed by atoms with Crippen LogP contribution in [-0.2, 0) is 9.84 Å². The molecule has 0 unspecified atom stereocenters. The second kappa shape index (κ2) is 5.24. The van der Waals surface area contributed by atoms with E-state index >= 15 is 0 Å². The Morgan fingerprint density at radius 2 is 2.11 bits per heavy atom. The third-order valence-electron chi connectivity index (χ3n) is 2.63. The lowest BCUT2D eigenvalue weighted by atomic mass is 10.3. The Morgan fingerprint density at radius 3 is 2.78 bits per heavy atom. The maximum absolute atomic E-state index is 11.8. The molecule has 1 aromatic carbocycles. The molecule has 0 aliphatic rings. The van der Waals surface area contributed by atoms with Crippen molar-refractivity contribution in [2.45, 2.75) is 25.2 Å². The van der Waals surface area contributed by atoms with Gasteiger partial charge in [0.2, 0.25) is 0 Å². The van der Waals surface area contributed by atoms with E-state index in [4.69, 9.17) is 0 Å². The summed E-state index contributed by atoms with van der Waals surface area (Å²) in [5.74, 6) is 0.123. The van der Waals surface area contributed by atoms with Crippen LogP contribution in [0.25, 0.3) is 10.2 Å². The number of fused-ring (bicyclic) bond motifs is 1. The van der Waals surface area contributed by atoms with E-state index < -0.39 is 9.84 Å². The van der Waals surface area contributed by atoms with E-state index in [2.05, 4.69) is 17.2 Å². The lowest BCUT2D eigenvalue weighted by Gasteiger charge is -1.99. The highest BCUT2D eigenvalue weighted by atomic mass is 32.2. The number of aromatic nitrogens is 1. The van der Waals surface area contributed by atoms with Gasteiger partial charge in [-0.25, -0.2) is 13.4 Å². The van der Waals surface area contributed by atoms with Crippen LogP contribution in [0.15, 0.2) is 23.1 Å². The number of benzene rings is 1. The van der Waals surface area contributed by atoms with Gasteiger partial charge in [-0.2, -0.15) is 0 Å². The largest absolute Gasteiger partial charge is 0.361 e. The quantitative estimate of drug-likeness (QED) is 0.917. The third kappa shape index (κ3) is 2.64. The summed E-state index contributed by atoms with van der Waals surface area (Å²) in [7, 11) is -3.14. The Bertz CT molecular complexity index is 647. The van der Waals surface area contributed by atoms with Gasteiger partial charge in [-0.1, -0.05) is 25.2 Å². The van der Waals surface area contributed by atoms with Crippen molar-refractivity contribution in [2.24, 2.45) is 0 Å². The summed E-state index contributed by atoms with van der Waals surface area (Å²) in [6.45, 7) is 4.62. The molecule has 1 heterocycles. The van der Waals surface area contributed by atoms with Crippen LogP contribution in [0, 0.1) is 0 Å². The number of thiazole rings is 1. The number of hydrogen-bond donors (Lipinski definition) is 1. The predicted octanol–water partition coefficient (Wildman–Crippen LogP) is 2.91. The first-order valence-corrected chi connectivity index (χ1v) is 8.41. The summed E-state index contributed by atoms with van der Waals surface area (Å²) < 4.78 is 24.5. The minimum absolute atomic E-state index is 0.123. The average Bonchev–Trinajstić information content (AvgIpc) is 2.77. The van der Waals surface area contributed by atoms with E-state index in [0.29, 0.717) is 4.90 Å². The van der Waals surface area contributed by atoms with Crippen molar-refractivity contribution in [3.8, 4) is 0 Å². The maximum atomic E-state index is 11.8. The van der Waals surface area contributed by atoms with E-state index in [9.17, 15) is 8.42 Å². The van der Waals surface area contributed by atoms with Gasteiger partial charge in [0.15, 0.2) is 15.0 Å². The Balaban J connectivity index is 2.40. The molecule has 0 aliphatic heterocycles. The van der Waals surface area contributed by atoms with Gasteiger partial charge in [0.25, 0.3) is 0 Å². The molecule has 6 heteroatoms. The summed E-state index contributed by atoms with van der Waals surface area (Å²) in [5.41, 5.74) is 0.841. The smallest absolute Gasteiger partial charge is 0.183 e. The first-order valence-electron chi connectivity index (χ1n) is 5.94. The third-order valence-corrected chi connectivity index (χ3v) is 5.33. The topological polar surface area (TPSA) is 59.1 Å². The van der Waals surface area contributed by atoms with Gasteiger partial charge in [0.05, 0.1) is 20.9 Å². The zero-order valence-corrected chi connectivity index (χ0v) is 12.1. The second-order valence-corrected chi connectivity index (χ2v) is 7.29. The highest BCUT2D eigenvalue weighted by Gasteiger charge is 2.13. The average molecular weight is 284 g/mol. The van der Waals surface area contributed by atoms with E-state index in [1.807, 2.05) is 0 Å². The van der Waals surface area contributed by atoms with E-state index in [1.54, 1.807) is 25.1 Å². The van der Waals surface area contributed by atoms with Gasteiger partial charge < -0.3 is 5.32 Å². The fraction of sp³-hybridized carbons (Fsp3) is 0.417. The first-order chi connectivity index (χ1) is 8.56. The molecule has 1 N–H and O–H groups in total. The Kier molecular flexibility index (Phi) is 3.87. The van der Waals surface area contributed by atoms with Crippen molar-refractivity contribution in [1.82, 2.24) is 4.98 Å². The number of anilines is 1. The van der Waals surface area contributed by atoms with Gasteiger partial charge in [-0.3, -0.25) is 0 Å². The molecule has 0 amide bonds. The van der Waals surface area contributed by atoms with Crippen LogP contribution in [0.5, 0.6) is 0 Å². The molecule has 0 radical (unpaired) electrons. The summed E-state index contributed by atoms with van der Waals surface area (Å²) in [6.07, 6.45) is 1.03. The minimum atomic E-state index is -3.14. The summed E-state index contributed by atoms with van der Waals surface area (Å²) in [5, 5.41) is 4.06. The fourth-order valence-electron chi connectivity index (χ4n) is 1.57. The second-order valence-electron chi connectivity index (χ2n) is 3.98. The van der Waals surface area contributed by atoms with Crippen LogP contribution in [-0.4, -0.2) is 25.7 Å². The Labute approximate surface area is 111 Å². The van der Waals surface area contributed by atoms with Gasteiger partial charge in [-0.05, 0) is 24.6 Å². The summed E-state index contributed by atoms with van der Waals surface area (Å²) in [4.78, 5) is 4.79. The first kappa shape index (κ1) is 13.3. The summed E-state index contributed by atoms with van der Waals surface area (Å²) >= 11 is 1.49. The van der Waals surface area contributed by atoms with Crippen LogP contribution >= 0.6 is 11.3 Å². The molecule has 1 aromatic heterocycles. The van der Waals surface area contributed by atoms with Crippen molar-refractivity contribution >= 4 is 36.5 Å². The van der Waals surface area contributed by atoms with Crippen molar-refractivity contribution < 1.29 is 8.42 Å². The number of sulfone groups is 1. The molecule has 2 aromatic rings. The Morgan fingerprint density at radius 1 is 1.33 bits per heavy atom. The molecule has 98 valence electrons. The minimum Gasteiger partial charge on any atom is -0.361 e. The molecule has 0 saturated heterocycles. The molecule has 0 saturated carbocycles. The molecule has 4 nitrogen and oxygen atoms in total. The zero-order valence-electron chi connectivity index (χ0n) is 10.4. The van der Waals surface area contributed by atoms with Crippen LogP contribution in [0.4, 0.5) is 5.13 Å². The van der Waals surface area contributed by atoms with Gasteiger partial charge in [0.1, 0.15) is 0 Å². The van der Waals surface area contributed by atoms with Crippen molar-refractivity contribution in [3.63, 3.8) is 0 Å². The standard InChI is InChI=1S/C12H16N2O2S2/c1-3-7-13-12-14-10-6-5-9(8-11(10)17-12)18(15,16)4-2/h5-6,8H,3-4,7H2,1-2H3,(H,13,14). The fourth-order valence-corrected chi connectivity index (χ4v) is 3.48. The molecule has 2 rings (SSSR count). The van der Waals surface area contributed by atoms with Crippen LogP contribution in [0.3, 0.4) is 0 Å². The van der Waals surface area contributed by atoms with Crippen molar-refractivity contribution in [1.29, 1.82) is 0 Å². The number of nitrogens with zero attached hydrogens (tertiary/aromatic N) is 1.